The number of hydrogen-bond acceptors (Lipinski definition) is 2. The summed E-state index contributed by atoms with van der Waals surface area (Å²) in [5, 5.41) is 12.6. The lowest BCUT2D eigenvalue weighted by Crippen LogP contribution is -2.18. The Hall–Kier alpha value is -2.05. The molecule has 0 spiro atoms. The Kier molecular flexibility index (Phi) is 4.26. The number of aryl methyl sites for hydroxylation is 1. The predicted octanol–water partition coefficient (Wildman–Crippen LogP) is 3.36. The first-order valence-corrected chi connectivity index (χ1v) is 6.88. The molecule has 1 N–H and O–H groups in total. The summed E-state index contributed by atoms with van der Waals surface area (Å²) in [6.45, 7) is 7.08. The van der Waals surface area contributed by atoms with E-state index in [1.165, 1.54) is 16.7 Å². The Morgan fingerprint density at radius 2 is 1.90 bits per heavy atom. The van der Waals surface area contributed by atoms with Crippen molar-refractivity contribution in [3.05, 3.63) is 58.4 Å². The maximum Gasteiger partial charge on any atom is 0.120 e. The number of aromatic nitrogens is 1. The van der Waals surface area contributed by atoms with Crippen LogP contribution in [0.15, 0.2) is 30.3 Å². The SMILES string of the molecule is Cc1ccc(C(C)NCc2cc(C#N)n(C)c2C)cc1. The van der Waals surface area contributed by atoms with Crippen molar-refractivity contribution >= 4 is 0 Å². The summed E-state index contributed by atoms with van der Waals surface area (Å²) >= 11 is 0. The van der Waals surface area contributed by atoms with Crippen LogP contribution in [-0.2, 0) is 13.6 Å². The van der Waals surface area contributed by atoms with E-state index in [0.717, 1.165) is 12.2 Å². The molecule has 1 atom stereocenters. The molecule has 1 aromatic heterocycles. The van der Waals surface area contributed by atoms with Crippen molar-refractivity contribution in [2.45, 2.75) is 33.4 Å². The number of rotatable bonds is 4. The summed E-state index contributed by atoms with van der Waals surface area (Å²) in [6, 6.07) is 13.1. The number of hydrogen-bond donors (Lipinski definition) is 1. The largest absolute Gasteiger partial charge is 0.340 e. The average Bonchev–Trinajstić information content (AvgIpc) is 2.73. The van der Waals surface area contributed by atoms with Gasteiger partial charge in [-0.05, 0) is 38.0 Å². The first-order chi connectivity index (χ1) is 9.52. The molecule has 0 radical (unpaired) electrons. The smallest absolute Gasteiger partial charge is 0.120 e. The molecule has 1 heterocycles. The van der Waals surface area contributed by atoms with Crippen LogP contribution in [0, 0.1) is 25.2 Å². The summed E-state index contributed by atoms with van der Waals surface area (Å²) in [4.78, 5) is 0. The summed E-state index contributed by atoms with van der Waals surface area (Å²) in [5.41, 5.74) is 5.60. The minimum atomic E-state index is 0.292. The molecule has 1 unspecified atom stereocenters. The summed E-state index contributed by atoms with van der Waals surface area (Å²) in [6.07, 6.45) is 0. The molecule has 20 heavy (non-hydrogen) atoms. The van der Waals surface area contributed by atoms with E-state index in [0.29, 0.717) is 11.7 Å². The Labute approximate surface area is 120 Å². The van der Waals surface area contributed by atoms with Crippen molar-refractivity contribution in [1.29, 1.82) is 5.26 Å². The van der Waals surface area contributed by atoms with Gasteiger partial charge < -0.3 is 9.88 Å². The first kappa shape index (κ1) is 14.4. The number of nitrogens with zero attached hydrogens (tertiary/aromatic N) is 2. The topological polar surface area (TPSA) is 40.8 Å². The van der Waals surface area contributed by atoms with Crippen LogP contribution in [0.2, 0.25) is 0 Å². The Balaban J connectivity index is 2.05. The highest BCUT2D eigenvalue weighted by Crippen LogP contribution is 2.17. The summed E-state index contributed by atoms with van der Waals surface area (Å²) in [5.74, 6) is 0. The normalized spacial score (nSPS) is 12.2. The maximum absolute atomic E-state index is 9.05. The Bertz CT molecular complexity index is 629. The van der Waals surface area contributed by atoms with Gasteiger partial charge in [0.2, 0.25) is 0 Å². The standard InChI is InChI=1S/C17H21N3/c1-12-5-7-15(8-6-12)13(2)19-11-16-9-17(10-18)20(4)14(16)3/h5-9,13,19H,11H2,1-4H3. The fourth-order valence-electron chi connectivity index (χ4n) is 2.28. The fourth-order valence-corrected chi connectivity index (χ4v) is 2.28. The highest BCUT2D eigenvalue weighted by Gasteiger charge is 2.10. The lowest BCUT2D eigenvalue weighted by atomic mass is 10.1. The third-order valence-electron chi connectivity index (χ3n) is 3.93. The monoisotopic (exact) mass is 267 g/mol. The number of nitrogens with one attached hydrogen (secondary N) is 1. The average molecular weight is 267 g/mol. The van der Waals surface area contributed by atoms with Gasteiger partial charge in [-0.2, -0.15) is 5.26 Å². The second-order valence-corrected chi connectivity index (χ2v) is 5.32. The molecule has 2 rings (SSSR count). The third kappa shape index (κ3) is 2.92. The van der Waals surface area contributed by atoms with Crippen LogP contribution in [0.5, 0.6) is 0 Å². The molecule has 2 aromatic rings. The number of nitriles is 1. The molecule has 0 aliphatic rings. The molecule has 3 nitrogen and oxygen atoms in total. The highest BCUT2D eigenvalue weighted by molar-refractivity contribution is 5.34. The molecule has 1 aromatic carbocycles. The summed E-state index contributed by atoms with van der Waals surface area (Å²) < 4.78 is 1.94. The van der Waals surface area contributed by atoms with E-state index >= 15 is 0 Å². The highest BCUT2D eigenvalue weighted by atomic mass is 15.0. The van der Waals surface area contributed by atoms with Crippen LogP contribution in [0.25, 0.3) is 0 Å². The van der Waals surface area contributed by atoms with E-state index in [9.17, 15) is 0 Å². The van der Waals surface area contributed by atoms with Gasteiger partial charge in [0.05, 0.1) is 0 Å². The summed E-state index contributed by atoms with van der Waals surface area (Å²) in [7, 11) is 1.93. The second kappa shape index (κ2) is 5.94. The van der Waals surface area contributed by atoms with Gasteiger partial charge in [0.1, 0.15) is 11.8 Å². The minimum absolute atomic E-state index is 0.292. The van der Waals surface area contributed by atoms with Crippen LogP contribution < -0.4 is 5.32 Å². The zero-order valence-electron chi connectivity index (χ0n) is 12.6. The molecule has 0 aliphatic heterocycles. The van der Waals surface area contributed by atoms with E-state index in [-0.39, 0.29) is 0 Å². The van der Waals surface area contributed by atoms with Crippen molar-refractivity contribution in [2.24, 2.45) is 7.05 Å². The second-order valence-electron chi connectivity index (χ2n) is 5.32. The van der Waals surface area contributed by atoms with Gasteiger partial charge in [-0.15, -0.1) is 0 Å². The zero-order chi connectivity index (χ0) is 14.7. The van der Waals surface area contributed by atoms with Crippen LogP contribution in [0.1, 0.15) is 41.0 Å². The van der Waals surface area contributed by atoms with Gasteiger partial charge in [-0.3, -0.25) is 0 Å². The predicted molar refractivity (Wildman–Crippen MR) is 81.3 cm³/mol. The van der Waals surface area contributed by atoms with Crippen LogP contribution >= 0.6 is 0 Å². The van der Waals surface area contributed by atoms with E-state index < -0.39 is 0 Å². The molecule has 0 saturated heterocycles. The molecule has 0 saturated carbocycles. The van der Waals surface area contributed by atoms with E-state index in [2.05, 4.69) is 49.5 Å². The van der Waals surface area contributed by atoms with Crippen molar-refractivity contribution in [3.63, 3.8) is 0 Å². The van der Waals surface area contributed by atoms with Crippen molar-refractivity contribution in [1.82, 2.24) is 9.88 Å². The Morgan fingerprint density at radius 1 is 1.25 bits per heavy atom. The first-order valence-electron chi connectivity index (χ1n) is 6.88. The Morgan fingerprint density at radius 3 is 2.45 bits per heavy atom. The molecule has 0 aliphatic carbocycles. The lowest BCUT2D eigenvalue weighted by Gasteiger charge is -2.14. The van der Waals surface area contributed by atoms with Crippen LogP contribution in [0.3, 0.4) is 0 Å². The van der Waals surface area contributed by atoms with Gasteiger partial charge in [0.25, 0.3) is 0 Å². The third-order valence-corrected chi connectivity index (χ3v) is 3.93. The molecule has 0 amide bonds. The molecule has 3 heteroatoms. The molecule has 0 fully saturated rings. The van der Waals surface area contributed by atoms with E-state index in [1.807, 2.05) is 24.6 Å². The van der Waals surface area contributed by atoms with Crippen LogP contribution in [-0.4, -0.2) is 4.57 Å². The van der Waals surface area contributed by atoms with E-state index in [4.69, 9.17) is 5.26 Å². The zero-order valence-corrected chi connectivity index (χ0v) is 12.6. The molecule has 104 valence electrons. The van der Waals surface area contributed by atoms with E-state index in [1.54, 1.807) is 0 Å². The van der Waals surface area contributed by atoms with Crippen molar-refractivity contribution in [3.8, 4) is 6.07 Å². The van der Waals surface area contributed by atoms with Crippen LogP contribution in [0.4, 0.5) is 0 Å². The quantitative estimate of drug-likeness (QED) is 0.922. The van der Waals surface area contributed by atoms with Crippen molar-refractivity contribution in [2.75, 3.05) is 0 Å². The minimum Gasteiger partial charge on any atom is -0.340 e. The number of benzene rings is 1. The van der Waals surface area contributed by atoms with Crippen molar-refractivity contribution < 1.29 is 0 Å². The van der Waals surface area contributed by atoms with Gasteiger partial charge >= 0.3 is 0 Å². The van der Waals surface area contributed by atoms with Gasteiger partial charge in [0.15, 0.2) is 0 Å². The molecule has 0 bridgehead atoms. The van der Waals surface area contributed by atoms with Gasteiger partial charge in [-0.25, -0.2) is 0 Å². The van der Waals surface area contributed by atoms with Gasteiger partial charge in [-0.1, -0.05) is 29.8 Å². The van der Waals surface area contributed by atoms with Gasteiger partial charge in [0, 0.05) is 25.3 Å². The lowest BCUT2D eigenvalue weighted by molar-refractivity contribution is 0.572. The molecular formula is C17H21N3. The maximum atomic E-state index is 9.05. The molecular weight excluding hydrogens is 246 g/mol. The fraction of sp³-hybridized carbons (Fsp3) is 0.353.